The monoisotopic (exact) mass is 487 g/mol. The summed E-state index contributed by atoms with van der Waals surface area (Å²) in [5.74, 6) is -0.353. The Kier molecular flexibility index (Phi) is 7.90. The highest BCUT2D eigenvalue weighted by Gasteiger charge is 2.23. The second-order valence-corrected chi connectivity index (χ2v) is 7.77. The number of carbonyl (C=O) groups is 2. The second kappa shape index (κ2) is 10.7. The fraction of sp³-hybridized carbons (Fsp3) is 0.333. The number of aryl methyl sites for hydroxylation is 2. The highest BCUT2D eigenvalue weighted by atomic mass is 35.5. The van der Waals surface area contributed by atoms with Gasteiger partial charge in [0.2, 0.25) is 0 Å². The molecule has 0 spiro atoms. The number of esters is 1. The van der Waals surface area contributed by atoms with Crippen LogP contribution in [0.2, 0.25) is 5.02 Å². The van der Waals surface area contributed by atoms with Crippen LogP contribution in [0.15, 0.2) is 35.1 Å². The second-order valence-electron chi connectivity index (χ2n) is 7.36. The minimum Gasteiger partial charge on any atom is -0.462 e. The van der Waals surface area contributed by atoms with E-state index >= 15 is 0 Å². The van der Waals surface area contributed by atoms with Crippen LogP contribution in [0, 0.1) is 13.8 Å². The third kappa shape index (κ3) is 4.76. The van der Waals surface area contributed by atoms with E-state index < -0.39 is 17.6 Å². The fourth-order valence-corrected chi connectivity index (χ4v) is 3.99. The largest absolute Gasteiger partial charge is 0.462 e. The zero-order valence-electron chi connectivity index (χ0n) is 19.7. The molecular weight excluding hydrogens is 462 g/mol. The Hall–Kier alpha value is -3.43. The van der Waals surface area contributed by atoms with Gasteiger partial charge in [-0.05, 0) is 57.0 Å². The Morgan fingerprint density at radius 3 is 2.47 bits per heavy atom. The van der Waals surface area contributed by atoms with Crippen molar-refractivity contribution in [1.82, 2.24) is 14.6 Å². The summed E-state index contributed by atoms with van der Waals surface area (Å²) >= 11 is 6.40. The molecule has 1 heterocycles. The number of fused-ring (bicyclic) bond motifs is 1. The van der Waals surface area contributed by atoms with Crippen molar-refractivity contribution < 1.29 is 23.9 Å². The molecule has 10 heteroatoms. The van der Waals surface area contributed by atoms with E-state index in [4.69, 9.17) is 25.9 Å². The van der Waals surface area contributed by atoms with E-state index in [-0.39, 0.29) is 31.0 Å². The van der Waals surface area contributed by atoms with E-state index in [9.17, 15) is 14.4 Å². The molecule has 0 radical (unpaired) electrons. The maximum atomic E-state index is 13.8. The predicted octanol–water partition coefficient (Wildman–Crippen LogP) is 4.35. The molecule has 3 aromatic rings. The average molecular weight is 488 g/mol. The van der Waals surface area contributed by atoms with Gasteiger partial charge in [-0.15, -0.1) is 0 Å². The summed E-state index contributed by atoms with van der Waals surface area (Å²) in [5.41, 5.74) is 1.66. The summed E-state index contributed by atoms with van der Waals surface area (Å²) in [6.07, 6.45) is -0.727. The smallest absolute Gasteiger partial charge is 0.434 e. The van der Waals surface area contributed by atoms with Crippen molar-refractivity contribution in [2.24, 2.45) is 0 Å². The number of ether oxygens (including phenoxy) is 2. The summed E-state index contributed by atoms with van der Waals surface area (Å²) in [4.78, 5) is 48.3. The number of hydrogen-bond donors (Lipinski definition) is 0. The van der Waals surface area contributed by atoms with Crippen LogP contribution in [0.3, 0.4) is 0 Å². The van der Waals surface area contributed by atoms with Crippen molar-refractivity contribution in [2.45, 2.75) is 34.3 Å². The molecule has 34 heavy (non-hydrogen) atoms. The number of amides is 1. The Morgan fingerprint density at radius 1 is 1.15 bits per heavy atom. The van der Waals surface area contributed by atoms with Crippen LogP contribution in [0.1, 0.15) is 41.2 Å². The van der Waals surface area contributed by atoms with Crippen LogP contribution in [-0.2, 0) is 20.9 Å². The standard InChI is InChI=1S/C24H26ClN3O6/c1-6-27(32-5)24(31)34-13-19-26-17-12-14(3)20(23(30)33-7-2)15(4)21(17)22(29)28(19)18-11-9-8-10-16(18)25/h8-12H,6-7,13H2,1-5H3. The number of halogens is 1. The molecule has 1 aromatic heterocycles. The zero-order chi connectivity index (χ0) is 25.0. The van der Waals surface area contributed by atoms with Crippen molar-refractivity contribution in [3.63, 3.8) is 0 Å². The van der Waals surface area contributed by atoms with Crippen molar-refractivity contribution >= 4 is 34.6 Å². The Morgan fingerprint density at radius 2 is 1.85 bits per heavy atom. The summed E-state index contributed by atoms with van der Waals surface area (Å²) in [6.45, 7) is 7.03. The number of carbonyl (C=O) groups excluding carboxylic acids is 2. The molecule has 0 aliphatic heterocycles. The van der Waals surface area contributed by atoms with Gasteiger partial charge in [0.25, 0.3) is 5.56 Å². The number of rotatable bonds is 7. The van der Waals surface area contributed by atoms with Gasteiger partial charge < -0.3 is 9.47 Å². The Labute approximate surface area is 201 Å². The third-order valence-electron chi connectivity index (χ3n) is 5.29. The topological polar surface area (TPSA) is 100.0 Å². The number of hydrogen-bond acceptors (Lipinski definition) is 7. The van der Waals surface area contributed by atoms with Gasteiger partial charge in [-0.3, -0.25) is 14.2 Å². The highest BCUT2D eigenvalue weighted by molar-refractivity contribution is 6.32. The molecule has 0 saturated heterocycles. The normalized spacial score (nSPS) is 10.9. The minimum absolute atomic E-state index is 0.161. The van der Waals surface area contributed by atoms with Crippen LogP contribution < -0.4 is 5.56 Å². The molecule has 1 amide bonds. The van der Waals surface area contributed by atoms with Crippen molar-refractivity contribution in [2.75, 3.05) is 20.3 Å². The molecule has 0 unspecified atom stereocenters. The summed E-state index contributed by atoms with van der Waals surface area (Å²) < 4.78 is 11.8. The maximum Gasteiger partial charge on any atom is 0.434 e. The first-order valence-electron chi connectivity index (χ1n) is 10.7. The van der Waals surface area contributed by atoms with E-state index in [1.54, 1.807) is 58.0 Å². The molecule has 0 aliphatic rings. The van der Waals surface area contributed by atoms with Crippen molar-refractivity contribution in [3.05, 3.63) is 68.2 Å². The number of aromatic nitrogens is 2. The minimum atomic E-state index is -0.727. The van der Waals surface area contributed by atoms with Gasteiger partial charge in [0.05, 0.1) is 40.9 Å². The molecule has 0 N–H and O–H groups in total. The van der Waals surface area contributed by atoms with Crippen LogP contribution in [0.4, 0.5) is 4.79 Å². The molecule has 9 nitrogen and oxygen atoms in total. The van der Waals surface area contributed by atoms with Crippen LogP contribution in [0.5, 0.6) is 0 Å². The summed E-state index contributed by atoms with van der Waals surface area (Å²) in [6, 6.07) is 8.40. The first-order valence-corrected chi connectivity index (χ1v) is 11.1. The number of hydroxylamine groups is 2. The quantitative estimate of drug-likeness (QED) is 0.360. The van der Waals surface area contributed by atoms with Gasteiger partial charge in [0.15, 0.2) is 12.4 Å². The zero-order valence-corrected chi connectivity index (χ0v) is 20.4. The van der Waals surface area contributed by atoms with Crippen LogP contribution in [0.25, 0.3) is 16.6 Å². The van der Waals surface area contributed by atoms with E-state index in [0.29, 0.717) is 32.9 Å². The number of nitrogens with zero attached hydrogens (tertiary/aromatic N) is 3. The van der Waals surface area contributed by atoms with Crippen molar-refractivity contribution in [1.29, 1.82) is 0 Å². The molecule has 2 aromatic carbocycles. The van der Waals surface area contributed by atoms with Crippen molar-refractivity contribution in [3.8, 4) is 5.69 Å². The lowest BCUT2D eigenvalue weighted by Crippen LogP contribution is -2.32. The average Bonchev–Trinajstić information content (AvgIpc) is 2.79. The SMILES string of the molecule is CCOC(=O)c1c(C)cc2nc(COC(=O)N(CC)OC)n(-c3ccccc3Cl)c(=O)c2c1C. The Bertz CT molecular complexity index is 1300. The molecule has 3 rings (SSSR count). The predicted molar refractivity (Wildman–Crippen MR) is 127 cm³/mol. The molecule has 180 valence electrons. The van der Waals surface area contributed by atoms with E-state index in [2.05, 4.69) is 4.98 Å². The molecule has 0 aliphatic carbocycles. The van der Waals surface area contributed by atoms with Gasteiger partial charge >= 0.3 is 12.1 Å². The van der Waals surface area contributed by atoms with E-state index in [1.807, 2.05) is 0 Å². The van der Waals surface area contributed by atoms with Gasteiger partial charge in [0, 0.05) is 6.54 Å². The van der Waals surface area contributed by atoms with Crippen LogP contribution >= 0.6 is 11.6 Å². The van der Waals surface area contributed by atoms with Gasteiger partial charge in [-0.25, -0.2) is 14.6 Å². The lowest BCUT2D eigenvalue weighted by Gasteiger charge is -2.19. The highest BCUT2D eigenvalue weighted by Crippen LogP contribution is 2.26. The molecular formula is C24H26ClN3O6. The lowest BCUT2D eigenvalue weighted by atomic mass is 9.98. The third-order valence-corrected chi connectivity index (χ3v) is 5.61. The molecule has 0 atom stereocenters. The van der Waals surface area contributed by atoms with Gasteiger partial charge in [-0.2, -0.15) is 5.06 Å². The Balaban J connectivity index is 2.27. The van der Waals surface area contributed by atoms with Gasteiger partial charge in [0.1, 0.15) is 0 Å². The maximum absolute atomic E-state index is 13.8. The molecule has 0 fully saturated rings. The summed E-state index contributed by atoms with van der Waals surface area (Å²) in [7, 11) is 1.35. The summed E-state index contributed by atoms with van der Waals surface area (Å²) in [5, 5.41) is 1.58. The lowest BCUT2D eigenvalue weighted by molar-refractivity contribution is -0.108. The number of para-hydroxylation sites is 1. The fourth-order valence-electron chi connectivity index (χ4n) is 3.77. The van der Waals surface area contributed by atoms with Gasteiger partial charge in [-0.1, -0.05) is 23.7 Å². The van der Waals surface area contributed by atoms with Crippen LogP contribution in [-0.4, -0.2) is 46.9 Å². The first-order chi connectivity index (χ1) is 16.2. The molecule has 0 saturated carbocycles. The first kappa shape index (κ1) is 25.2. The van der Waals surface area contributed by atoms with E-state index in [1.165, 1.54) is 11.7 Å². The molecule has 0 bridgehead atoms. The van der Waals surface area contributed by atoms with E-state index in [0.717, 1.165) is 5.06 Å². The number of benzene rings is 2.